The first kappa shape index (κ1) is 20.5. The average molecular weight is 416 g/mol. The molecule has 5 fully saturated rings. The first-order chi connectivity index (χ1) is 14.3. The zero-order valence-corrected chi connectivity index (χ0v) is 18.5. The summed E-state index contributed by atoms with van der Waals surface area (Å²) in [6, 6.07) is 0. The second-order valence-corrected chi connectivity index (χ2v) is 11.2. The van der Waals surface area contributed by atoms with Crippen LogP contribution in [-0.2, 0) is 14.4 Å². The van der Waals surface area contributed by atoms with Gasteiger partial charge in [0, 0.05) is 30.7 Å². The van der Waals surface area contributed by atoms with Gasteiger partial charge in [0.25, 0.3) is 0 Å². The molecule has 0 aromatic heterocycles. The fraction of sp³-hybridized carbons (Fsp3) is 0.875. The van der Waals surface area contributed by atoms with Crippen molar-refractivity contribution in [2.24, 2.45) is 51.3 Å². The molecular formula is C24H37N3O3. The number of hydrogen-bond acceptors (Lipinski definition) is 5. The standard InChI is InChI=1S/C24H37N3O3/c1-23-8-5-14(27-30-15-7-10-26-13-15)11-20(23)17(22(25)29)12-16-18-3-4-21(28)24(18,2)9-6-19(16)23/h15-20,26H,3-13H2,1-2H3,(H2,25,29)/b27-14+/t15-,16+,17+,18+,19+,20-,23-,24+/m1/s1. The second-order valence-electron chi connectivity index (χ2n) is 11.2. The van der Waals surface area contributed by atoms with Crippen LogP contribution in [0.5, 0.6) is 0 Å². The van der Waals surface area contributed by atoms with Gasteiger partial charge in [-0.2, -0.15) is 0 Å². The normalized spacial score (nSPS) is 49.4. The van der Waals surface area contributed by atoms with Crippen molar-refractivity contribution in [3.05, 3.63) is 0 Å². The van der Waals surface area contributed by atoms with Gasteiger partial charge in [0.1, 0.15) is 11.9 Å². The lowest BCUT2D eigenvalue weighted by molar-refractivity contribution is -0.150. The lowest BCUT2D eigenvalue weighted by atomic mass is 9.43. The summed E-state index contributed by atoms with van der Waals surface area (Å²) in [6.45, 7) is 6.45. The van der Waals surface area contributed by atoms with Crippen molar-refractivity contribution < 1.29 is 14.4 Å². The number of fused-ring (bicyclic) bond motifs is 5. The van der Waals surface area contributed by atoms with Crippen molar-refractivity contribution >= 4 is 17.4 Å². The highest BCUT2D eigenvalue weighted by Gasteiger charge is 2.62. The number of primary amides is 1. The van der Waals surface area contributed by atoms with Gasteiger partial charge in [-0.1, -0.05) is 19.0 Å². The third-order valence-corrected chi connectivity index (χ3v) is 9.97. The molecular weight excluding hydrogens is 378 g/mol. The molecule has 8 atom stereocenters. The van der Waals surface area contributed by atoms with E-state index in [9.17, 15) is 9.59 Å². The molecule has 4 saturated carbocycles. The minimum Gasteiger partial charge on any atom is -0.391 e. The molecule has 6 nitrogen and oxygen atoms in total. The van der Waals surface area contributed by atoms with Crippen LogP contribution in [0.25, 0.3) is 0 Å². The average Bonchev–Trinajstić information content (AvgIpc) is 3.34. The lowest BCUT2D eigenvalue weighted by Gasteiger charge is -2.61. The maximum atomic E-state index is 12.7. The molecule has 5 aliphatic rings. The summed E-state index contributed by atoms with van der Waals surface area (Å²) in [5.41, 5.74) is 7.02. The fourth-order valence-electron chi connectivity index (χ4n) is 8.18. The van der Waals surface area contributed by atoms with Crippen LogP contribution in [0.1, 0.15) is 71.6 Å². The number of carbonyl (C=O) groups is 2. The molecule has 5 rings (SSSR count). The van der Waals surface area contributed by atoms with E-state index in [2.05, 4.69) is 24.3 Å². The third-order valence-electron chi connectivity index (χ3n) is 9.97. The van der Waals surface area contributed by atoms with Crippen LogP contribution in [0.15, 0.2) is 5.16 Å². The summed E-state index contributed by atoms with van der Waals surface area (Å²) >= 11 is 0. The Labute approximate surface area is 179 Å². The predicted molar refractivity (Wildman–Crippen MR) is 115 cm³/mol. The predicted octanol–water partition coefficient (Wildman–Crippen LogP) is 3.04. The van der Waals surface area contributed by atoms with E-state index in [1.807, 2.05) is 0 Å². The first-order valence-electron chi connectivity index (χ1n) is 12.1. The van der Waals surface area contributed by atoms with E-state index in [-0.39, 0.29) is 34.7 Å². The van der Waals surface area contributed by atoms with Crippen molar-refractivity contribution in [3.8, 4) is 0 Å². The van der Waals surface area contributed by atoms with E-state index in [1.165, 1.54) is 0 Å². The van der Waals surface area contributed by atoms with Gasteiger partial charge in [-0.05, 0) is 80.6 Å². The Kier molecular flexibility index (Phi) is 4.99. The van der Waals surface area contributed by atoms with E-state index in [0.717, 1.165) is 76.6 Å². The fourth-order valence-corrected chi connectivity index (χ4v) is 8.18. The number of nitrogens with two attached hydrogens (primary N) is 1. The molecule has 1 aliphatic heterocycles. The maximum absolute atomic E-state index is 12.7. The molecule has 0 unspecified atom stereocenters. The zero-order chi connectivity index (χ0) is 21.1. The highest BCUT2D eigenvalue weighted by Crippen LogP contribution is 2.66. The van der Waals surface area contributed by atoms with Gasteiger partial charge in [0.05, 0.1) is 5.71 Å². The minimum absolute atomic E-state index is 0.101. The Morgan fingerprint density at radius 2 is 1.97 bits per heavy atom. The van der Waals surface area contributed by atoms with E-state index < -0.39 is 0 Å². The minimum atomic E-state index is -0.170. The van der Waals surface area contributed by atoms with Crippen LogP contribution < -0.4 is 11.1 Å². The molecule has 1 saturated heterocycles. The monoisotopic (exact) mass is 415 g/mol. The Bertz CT molecular complexity index is 761. The molecule has 0 spiro atoms. The molecule has 0 aromatic rings. The van der Waals surface area contributed by atoms with Gasteiger partial charge in [-0.3, -0.25) is 9.59 Å². The molecule has 0 aromatic carbocycles. The van der Waals surface area contributed by atoms with Crippen molar-refractivity contribution in [3.63, 3.8) is 0 Å². The van der Waals surface area contributed by atoms with Crippen LogP contribution in [0, 0.1) is 40.4 Å². The van der Waals surface area contributed by atoms with Crippen molar-refractivity contribution in [2.75, 3.05) is 13.1 Å². The molecule has 1 amide bonds. The summed E-state index contributed by atoms with van der Waals surface area (Å²) in [6.07, 6.45) is 8.69. The zero-order valence-electron chi connectivity index (χ0n) is 18.5. The molecule has 0 radical (unpaired) electrons. The van der Waals surface area contributed by atoms with Gasteiger partial charge in [0.2, 0.25) is 5.91 Å². The van der Waals surface area contributed by atoms with E-state index in [4.69, 9.17) is 10.6 Å². The van der Waals surface area contributed by atoms with E-state index in [0.29, 0.717) is 23.5 Å². The topological polar surface area (TPSA) is 93.8 Å². The number of amides is 1. The van der Waals surface area contributed by atoms with Crippen LogP contribution >= 0.6 is 0 Å². The van der Waals surface area contributed by atoms with Crippen LogP contribution in [0.3, 0.4) is 0 Å². The van der Waals surface area contributed by atoms with E-state index >= 15 is 0 Å². The molecule has 3 N–H and O–H groups in total. The number of rotatable bonds is 3. The summed E-state index contributed by atoms with van der Waals surface area (Å²) in [7, 11) is 0. The Hall–Kier alpha value is -1.43. The molecule has 4 aliphatic carbocycles. The van der Waals surface area contributed by atoms with E-state index in [1.54, 1.807) is 0 Å². The Morgan fingerprint density at radius 1 is 1.13 bits per heavy atom. The number of Topliss-reactive ketones (excluding diaryl/α,β-unsaturated/α-hetero) is 1. The summed E-state index contributed by atoms with van der Waals surface area (Å²) in [5.74, 6) is 1.88. The number of hydrogen-bond donors (Lipinski definition) is 2. The van der Waals surface area contributed by atoms with Gasteiger partial charge in [-0.25, -0.2) is 0 Å². The maximum Gasteiger partial charge on any atom is 0.220 e. The molecule has 166 valence electrons. The number of carbonyl (C=O) groups excluding carboxylic acids is 2. The van der Waals surface area contributed by atoms with Crippen molar-refractivity contribution in [2.45, 2.75) is 77.7 Å². The van der Waals surface area contributed by atoms with Gasteiger partial charge in [0.15, 0.2) is 0 Å². The Morgan fingerprint density at radius 3 is 2.70 bits per heavy atom. The highest BCUT2D eigenvalue weighted by molar-refractivity contribution is 5.88. The number of nitrogens with one attached hydrogen (secondary N) is 1. The second kappa shape index (κ2) is 7.32. The van der Waals surface area contributed by atoms with Crippen molar-refractivity contribution in [1.29, 1.82) is 0 Å². The Balaban J connectivity index is 1.40. The van der Waals surface area contributed by atoms with Crippen LogP contribution in [0.4, 0.5) is 0 Å². The lowest BCUT2D eigenvalue weighted by Crippen LogP contribution is -2.58. The summed E-state index contributed by atoms with van der Waals surface area (Å²) in [4.78, 5) is 31.1. The first-order valence-corrected chi connectivity index (χ1v) is 12.1. The number of nitrogens with zero attached hydrogens (tertiary/aromatic N) is 1. The summed E-state index contributed by atoms with van der Waals surface area (Å²) < 4.78 is 0. The van der Waals surface area contributed by atoms with Gasteiger partial charge < -0.3 is 15.9 Å². The summed E-state index contributed by atoms with van der Waals surface area (Å²) in [5, 5.41) is 7.85. The number of oxime groups is 1. The molecule has 30 heavy (non-hydrogen) atoms. The van der Waals surface area contributed by atoms with Crippen molar-refractivity contribution in [1.82, 2.24) is 5.32 Å². The molecule has 1 heterocycles. The molecule has 0 bridgehead atoms. The quantitative estimate of drug-likeness (QED) is 0.693. The van der Waals surface area contributed by atoms with Gasteiger partial charge >= 0.3 is 0 Å². The van der Waals surface area contributed by atoms with Crippen LogP contribution in [-0.4, -0.2) is 36.6 Å². The van der Waals surface area contributed by atoms with Gasteiger partial charge in [-0.15, -0.1) is 0 Å². The smallest absolute Gasteiger partial charge is 0.220 e. The van der Waals surface area contributed by atoms with Crippen LogP contribution in [0.2, 0.25) is 0 Å². The SMILES string of the molecule is C[C@]12CC/C(=N\O[C@@H]3CCNC3)C[C@@H]1[C@@H](C(N)=O)C[C@@H]1[C@@H]2CC[C@]2(C)C(=O)CC[C@@H]12. The number of ketones is 1. The highest BCUT2D eigenvalue weighted by atomic mass is 16.6. The largest absolute Gasteiger partial charge is 0.391 e. The molecule has 6 heteroatoms. The third kappa shape index (κ3) is 3.04.